The molecule has 0 aromatic heterocycles. The number of anilines is 1. The maximum absolute atomic E-state index is 11.0. The van der Waals surface area contributed by atoms with Crippen LogP contribution in [0.5, 0.6) is 0 Å². The van der Waals surface area contributed by atoms with Gasteiger partial charge in [-0.15, -0.1) is 0 Å². The summed E-state index contributed by atoms with van der Waals surface area (Å²) in [5.41, 5.74) is 1.45. The van der Waals surface area contributed by atoms with Gasteiger partial charge >= 0.3 is 6.09 Å². The van der Waals surface area contributed by atoms with E-state index >= 15 is 0 Å². The average molecular weight is 207 g/mol. The zero-order chi connectivity index (χ0) is 10.8. The first kappa shape index (κ1) is 9.51. The van der Waals surface area contributed by atoms with Crippen LogP contribution in [0.4, 0.5) is 10.5 Å². The van der Waals surface area contributed by atoms with Crippen molar-refractivity contribution in [2.24, 2.45) is 0 Å². The summed E-state index contributed by atoms with van der Waals surface area (Å²) in [6.07, 6.45) is -1.45. The van der Waals surface area contributed by atoms with E-state index < -0.39 is 12.3 Å². The van der Waals surface area contributed by atoms with E-state index in [2.05, 4.69) is 0 Å². The molecule has 0 saturated heterocycles. The third-order valence-corrected chi connectivity index (χ3v) is 2.35. The lowest BCUT2D eigenvalue weighted by atomic mass is 10.2. The average Bonchev–Trinajstić information content (AvgIpc) is 2.56. The Bertz CT molecular complexity index is 404. The highest BCUT2D eigenvalue weighted by Gasteiger charge is 2.34. The lowest BCUT2D eigenvalue weighted by molar-refractivity contribution is -0.132. The molecule has 78 valence electrons. The molecule has 0 saturated carbocycles. The van der Waals surface area contributed by atoms with Crippen molar-refractivity contribution in [3.63, 3.8) is 0 Å². The number of nitrogens with zero attached hydrogens (tertiary/aromatic N) is 1. The van der Waals surface area contributed by atoms with Crippen molar-refractivity contribution in [1.82, 2.24) is 0 Å². The minimum Gasteiger partial charge on any atom is -0.465 e. The van der Waals surface area contributed by atoms with E-state index in [1.54, 1.807) is 12.1 Å². The summed E-state index contributed by atoms with van der Waals surface area (Å²) in [5.74, 6) is 0. The molecule has 0 spiro atoms. The fourth-order valence-corrected chi connectivity index (χ4v) is 1.75. The van der Waals surface area contributed by atoms with Crippen LogP contribution in [0, 0.1) is 0 Å². The van der Waals surface area contributed by atoms with Gasteiger partial charge in [-0.25, -0.2) is 9.69 Å². The van der Waals surface area contributed by atoms with Crippen LogP contribution in [-0.4, -0.2) is 23.9 Å². The first-order valence-corrected chi connectivity index (χ1v) is 4.43. The van der Waals surface area contributed by atoms with E-state index in [4.69, 9.17) is 9.84 Å². The summed E-state index contributed by atoms with van der Waals surface area (Å²) >= 11 is 0. The normalized spacial score (nSPS) is 18.4. The van der Waals surface area contributed by atoms with Crippen molar-refractivity contribution in [1.29, 1.82) is 0 Å². The maximum Gasteiger partial charge on any atom is 0.414 e. The van der Waals surface area contributed by atoms with Crippen molar-refractivity contribution < 1.29 is 19.4 Å². The van der Waals surface area contributed by atoms with E-state index in [1.165, 1.54) is 0 Å². The number of carbonyl (C=O) groups excluding carboxylic acids is 1. The molecule has 1 atom stereocenters. The highest BCUT2D eigenvalue weighted by Crippen LogP contribution is 2.32. The lowest BCUT2D eigenvalue weighted by Crippen LogP contribution is -2.38. The molecule has 1 aliphatic rings. The van der Waals surface area contributed by atoms with Crippen LogP contribution >= 0.6 is 0 Å². The Morgan fingerprint density at radius 3 is 2.93 bits per heavy atom. The molecule has 0 bridgehead atoms. The van der Waals surface area contributed by atoms with Gasteiger partial charge in [0.2, 0.25) is 0 Å². The van der Waals surface area contributed by atoms with Crippen LogP contribution in [0.25, 0.3) is 0 Å². The summed E-state index contributed by atoms with van der Waals surface area (Å²) in [7, 11) is 0. The molecule has 1 heterocycles. The predicted octanol–water partition coefficient (Wildman–Crippen LogP) is 1.23. The van der Waals surface area contributed by atoms with Gasteiger partial charge in [-0.2, -0.15) is 0 Å². The summed E-state index contributed by atoms with van der Waals surface area (Å²) in [5, 5.41) is 8.99. The van der Waals surface area contributed by atoms with Gasteiger partial charge in [0.1, 0.15) is 0 Å². The first-order valence-electron chi connectivity index (χ1n) is 4.43. The molecule has 0 radical (unpaired) electrons. The number of carboxylic acid groups (broad SMARTS) is 1. The molecule has 1 aliphatic heterocycles. The van der Waals surface area contributed by atoms with E-state index in [-0.39, 0.29) is 6.47 Å². The highest BCUT2D eigenvalue weighted by molar-refractivity contribution is 5.89. The SMILES string of the molecule is O=COC1Cc2ccccc2N1C(=O)O. The van der Waals surface area contributed by atoms with Gasteiger partial charge in [0, 0.05) is 6.42 Å². The number of hydrogen-bond acceptors (Lipinski definition) is 3. The summed E-state index contributed by atoms with van der Waals surface area (Å²) in [6, 6.07) is 7.08. The highest BCUT2D eigenvalue weighted by atomic mass is 16.5. The second-order valence-electron chi connectivity index (χ2n) is 3.17. The van der Waals surface area contributed by atoms with Gasteiger partial charge < -0.3 is 9.84 Å². The molecule has 5 nitrogen and oxygen atoms in total. The van der Waals surface area contributed by atoms with Crippen molar-refractivity contribution >= 4 is 18.3 Å². The number of para-hydroxylation sites is 1. The molecule has 1 unspecified atom stereocenters. The zero-order valence-electron chi connectivity index (χ0n) is 7.79. The fraction of sp³-hybridized carbons (Fsp3) is 0.200. The number of carbonyl (C=O) groups is 2. The Balaban J connectivity index is 2.37. The zero-order valence-corrected chi connectivity index (χ0v) is 7.79. The molecule has 0 aliphatic carbocycles. The molecule has 0 fully saturated rings. The summed E-state index contributed by atoms with van der Waals surface area (Å²) in [6.45, 7) is 0.270. The molecular weight excluding hydrogens is 198 g/mol. The van der Waals surface area contributed by atoms with Crippen LogP contribution in [0.3, 0.4) is 0 Å². The molecule has 15 heavy (non-hydrogen) atoms. The number of ether oxygens (including phenoxy) is 1. The number of benzene rings is 1. The standard InChI is InChI=1S/C10H9NO4/c12-6-15-9-5-7-3-1-2-4-8(7)11(9)10(13)14/h1-4,6,9H,5H2,(H,13,14). The van der Waals surface area contributed by atoms with Gasteiger partial charge in [-0.1, -0.05) is 18.2 Å². The molecular formula is C10H9NO4. The molecule has 1 aromatic carbocycles. The minimum absolute atomic E-state index is 0.270. The van der Waals surface area contributed by atoms with Crippen molar-refractivity contribution in [3.8, 4) is 0 Å². The second kappa shape index (κ2) is 3.61. The maximum atomic E-state index is 11.0. The third kappa shape index (κ3) is 1.52. The minimum atomic E-state index is -1.12. The summed E-state index contributed by atoms with van der Waals surface area (Å²) in [4.78, 5) is 22.3. The smallest absolute Gasteiger partial charge is 0.414 e. The predicted molar refractivity (Wildman–Crippen MR) is 51.6 cm³/mol. The third-order valence-electron chi connectivity index (χ3n) is 2.35. The molecule has 1 amide bonds. The fourth-order valence-electron chi connectivity index (χ4n) is 1.75. The second-order valence-corrected chi connectivity index (χ2v) is 3.17. The summed E-state index contributed by atoms with van der Waals surface area (Å²) < 4.78 is 4.72. The topological polar surface area (TPSA) is 66.8 Å². The quantitative estimate of drug-likeness (QED) is 0.740. The number of hydrogen-bond donors (Lipinski definition) is 1. The van der Waals surface area contributed by atoms with E-state index in [9.17, 15) is 9.59 Å². The van der Waals surface area contributed by atoms with Crippen LogP contribution in [0.15, 0.2) is 24.3 Å². The van der Waals surface area contributed by atoms with Crippen molar-refractivity contribution in [3.05, 3.63) is 29.8 Å². The van der Waals surface area contributed by atoms with Gasteiger partial charge in [0.25, 0.3) is 6.47 Å². The van der Waals surface area contributed by atoms with Gasteiger partial charge in [-0.3, -0.25) is 4.79 Å². The number of fused-ring (bicyclic) bond motifs is 1. The van der Waals surface area contributed by atoms with Crippen LogP contribution in [0.2, 0.25) is 0 Å². The van der Waals surface area contributed by atoms with E-state index in [0.717, 1.165) is 10.5 Å². The van der Waals surface area contributed by atoms with Crippen molar-refractivity contribution in [2.45, 2.75) is 12.6 Å². The first-order chi connectivity index (χ1) is 7.24. The van der Waals surface area contributed by atoms with Crippen LogP contribution < -0.4 is 4.90 Å². The van der Waals surface area contributed by atoms with Crippen molar-refractivity contribution in [2.75, 3.05) is 4.90 Å². The van der Waals surface area contributed by atoms with Gasteiger partial charge in [0.05, 0.1) is 5.69 Å². The van der Waals surface area contributed by atoms with Gasteiger partial charge in [0.15, 0.2) is 6.23 Å². The Hall–Kier alpha value is -2.04. The lowest BCUT2D eigenvalue weighted by Gasteiger charge is -2.19. The Morgan fingerprint density at radius 2 is 2.27 bits per heavy atom. The van der Waals surface area contributed by atoms with Crippen LogP contribution in [-0.2, 0) is 16.0 Å². The number of amides is 1. The number of rotatable bonds is 2. The largest absolute Gasteiger partial charge is 0.465 e. The molecule has 5 heteroatoms. The molecule has 2 rings (SSSR count). The Labute approximate surface area is 85.9 Å². The Kier molecular flexibility index (Phi) is 2.29. The van der Waals surface area contributed by atoms with Crippen LogP contribution in [0.1, 0.15) is 5.56 Å². The molecule has 1 N–H and O–H groups in total. The van der Waals surface area contributed by atoms with E-state index in [1.807, 2.05) is 12.1 Å². The Morgan fingerprint density at radius 1 is 1.53 bits per heavy atom. The van der Waals surface area contributed by atoms with E-state index in [0.29, 0.717) is 12.1 Å². The van der Waals surface area contributed by atoms with Gasteiger partial charge in [-0.05, 0) is 11.6 Å². The monoisotopic (exact) mass is 207 g/mol. The molecule has 1 aromatic rings.